The van der Waals surface area contributed by atoms with E-state index in [1.807, 2.05) is 36.4 Å². The quantitative estimate of drug-likeness (QED) is 0.406. The fourth-order valence-corrected chi connectivity index (χ4v) is 5.43. The fourth-order valence-electron chi connectivity index (χ4n) is 5.24. The van der Waals surface area contributed by atoms with Crippen LogP contribution >= 0.6 is 11.6 Å². The van der Waals surface area contributed by atoms with Gasteiger partial charge in [0, 0.05) is 30.5 Å². The molecule has 8 nitrogen and oxygen atoms in total. The van der Waals surface area contributed by atoms with E-state index in [1.165, 1.54) is 4.90 Å². The number of carboxylic acids is 1. The maximum Gasteiger partial charge on any atom is 0.308 e. The average molecular weight is 529 g/mol. The van der Waals surface area contributed by atoms with Crippen LogP contribution in [0, 0.1) is 5.92 Å². The molecule has 0 saturated carbocycles. The van der Waals surface area contributed by atoms with Gasteiger partial charge in [-0.3, -0.25) is 24.2 Å². The first kappa shape index (κ1) is 26.9. The van der Waals surface area contributed by atoms with Gasteiger partial charge in [0.2, 0.25) is 11.8 Å². The van der Waals surface area contributed by atoms with Crippen molar-refractivity contribution in [1.29, 1.82) is 0 Å². The van der Waals surface area contributed by atoms with Crippen molar-refractivity contribution in [2.45, 2.75) is 51.6 Å². The van der Waals surface area contributed by atoms with Crippen molar-refractivity contribution in [3.63, 3.8) is 0 Å². The summed E-state index contributed by atoms with van der Waals surface area (Å²) < 4.78 is 11.4. The van der Waals surface area contributed by atoms with Gasteiger partial charge in [-0.1, -0.05) is 37.1 Å². The van der Waals surface area contributed by atoms with Crippen LogP contribution in [0.4, 0.5) is 0 Å². The number of imide groups is 1. The first-order valence-corrected chi connectivity index (χ1v) is 13.1. The van der Waals surface area contributed by atoms with Crippen LogP contribution in [0.3, 0.4) is 0 Å². The van der Waals surface area contributed by atoms with E-state index in [0.717, 1.165) is 36.1 Å². The number of likely N-dealkylation sites (tertiary alicyclic amines) is 1. The lowest BCUT2D eigenvalue weighted by molar-refractivity contribution is -0.144. The van der Waals surface area contributed by atoms with Crippen molar-refractivity contribution < 1.29 is 29.0 Å². The number of rotatable bonds is 12. The lowest BCUT2D eigenvalue weighted by atomic mass is 9.97. The summed E-state index contributed by atoms with van der Waals surface area (Å²) in [4.78, 5) is 39.3. The second kappa shape index (κ2) is 12.0. The number of halogens is 1. The minimum absolute atomic E-state index is 0.168. The predicted molar refractivity (Wildman–Crippen MR) is 139 cm³/mol. The number of hydrogen-bond acceptors (Lipinski definition) is 6. The van der Waals surface area contributed by atoms with E-state index >= 15 is 0 Å². The zero-order valence-corrected chi connectivity index (χ0v) is 22.0. The summed E-state index contributed by atoms with van der Waals surface area (Å²) in [5, 5.41) is 10.6. The Labute approximate surface area is 222 Å². The van der Waals surface area contributed by atoms with Gasteiger partial charge in [-0.15, -0.1) is 0 Å². The maximum absolute atomic E-state index is 12.2. The van der Waals surface area contributed by atoms with E-state index < -0.39 is 11.9 Å². The predicted octanol–water partition coefficient (Wildman–Crippen LogP) is 4.48. The van der Waals surface area contributed by atoms with Gasteiger partial charge in [-0.2, -0.15) is 0 Å². The Morgan fingerprint density at radius 2 is 1.89 bits per heavy atom. The van der Waals surface area contributed by atoms with Gasteiger partial charge < -0.3 is 14.6 Å². The van der Waals surface area contributed by atoms with Gasteiger partial charge >= 0.3 is 5.97 Å². The van der Waals surface area contributed by atoms with Gasteiger partial charge in [0.25, 0.3) is 0 Å². The molecule has 4 rings (SSSR count). The molecular weight excluding hydrogens is 496 g/mol. The van der Waals surface area contributed by atoms with Crippen LogP contribution in [0.1, 0.15) is 55.3 Å². The van der Waals surface area contributed by atoms with Crippen LogP contribution in [-0.4, -0.2) is 59.5 Å². The number of fused-ring (bicyclic) bond motifs is 1. The minimum atomic E-state index is -0.810. The van der Waals surface area contributed by atoms with Gasteiger partial charge in [-0.05, 0) is 60.3 Å². The van der Waals surface area contributed by atoms with Crippen molar-refractivity contribution in [3.05, 3.63) is 58.1 Å². The molecule has 1 fully saturated rings. The van der Waals surface area contributed by atoms with E-state index in [1.54, 1.807) is 7.11 Å². The SMILES string of the molecule is CCCCN(Cc1ccc(OCCN2C(=O)CCC2=O)c(OC)c1)C1c2ccc(Cl)cc2CC1C(=O)O. The number of nitrogens with zero attached hydrogens (tertiary/aromatic N) is 2. The molecule has 2 aromatic rings. The molecule has 1 aliphatic carbocycles. The van der Waals surface area contributed by atoms with E-state index in [2.05, 4.69) is 11.8 Å². The monoisotopic (exact) mass is 528 g/mol. The zero-order chi connectivity index (χ0) is 26.5. The van der Waals surface area contributed by atoms with Crippen molar-refractivity contribution in [2.24, 2.45) is 5.92 Å². The molecule has 2 aliphatic rings. The molecule has 0 spiro atoms. The highest BCUT2D eigenvalue weighted by Gasteiger charge is 2.40. The molecule has 0 bridgehead atoms. The number of carbonyl (C=O) groups excluding carboxylic acids is 2. The molecule has 0 radical (unpaired) electrons. The molecule has 2 amide bonds. The van der Waals surface area contributed by atoms with E-state index in [9.17, 15) is 19.5 Å². The summed E-state index contributed by atoms with van der Waals surface area (Å²) in [6.45, 7) is 3.80. The van der Waals surface area contributed by atoms with Crippen molar-refractivity contribution >= 4 is 29.4 Å². The minimum Gasteiger partial charge on any atom is -0.493 e. The Hall–Kier alpha value is -3.10. The highest BCUT2D eigenvalue weighted by atomic mass is 35.5. The van der Waals surface area contributed by atoms with Crippen LogP contribution in [0.15, 0.2) is 36.4 Å². The Kier molecular flexibility index (Phi) is 8.71. The normalized spacial score (nSPS) is 19.0. The fraction of sp³-hybridized carbons (Fsp3) is 0.464. The number of benzene rings is 2. The van der Waals surface area contributed by atoms with E-state index in [0.29, 0.717) is 29.5 Å². The molecule has 198 valence electrons. The summed E-state index contributed by atoms with van der Waals surface area (Å²) in [6, 6.07) is 11.1. The molecule has 1 N–H and O–H groups in total. The average Bonchev–Trinajstić information content (AvgIpc) is 3.41. The standard InChI is InChI=1S/C28H33ClN2O6/c1-3-4-11-30(27-21-7-6-20(29)15-19(21)16-22(27)28(34)35)17-18-5-8-23(24(14-18)36-2)37-13-12-31-25(32)9-10-26(31)33/h5-8,14-15,22,27H,3-4,9-13,16-17H2,1-2H3,(H,34,35). The lowest BCUT2D eigenvalue weighted by Gasteiger charge is -2.32. The molecular formula is C28H33ClN2O6. The highest BCUT2D eigenvalue weighted by molar-refractivity contribution is 6.30. The van der Waals surface area contributed by atoms with Crippen LogP contribution in [0.25, 0.3) is 0 Å². The second-order valence-corrected chi connectivity index (χ2v) is 9.97. The van der Waals surface area contributed by atoms with Crippen LogP contribution < -0.4 is 9.47 Å². The largest absolute Gasteiger partial charge is 0.493 e. The Morgan fingerprint density at radius 1 is 1.14 bits per heavy atom. The van der Waals surface area contributed by atoms with Gasteiger partial charge in [0.1, 0.15) is 6.61 Å². The summed E-state index contributed by atoms with van der Waals surface area (Å²) >= 11 is 6.20. The van der Waals surface area contributed by atoms with Gasteiger partial charge in [-0.25, -0.2) is 0 Å². The summed E-state index contributed by atoms with van der Waals surface area (Å²) in [5.41, 5.74) is 2.98. The first-order chi connectivity index (χ1) is 17.8. The van der Waals surface area contributed by atoms with Gasteiger partial charge in [0.05, 0.1) is 19.6 Å². The number of ether oxygens (including phenoxy) is 2. The zero-order valence-electron chi connectivity index (χ0n) is 21.2. The Bertz CT molecular complexity index is 1150. The molecule has 1 heterocycles. The lowest BCUT2D eigenvalue weighted by Crippen LogP contribution is -2.35. The molecule has 2 atom stereocenters. The van der Waals surface area contributed by atoms with Crippen LogP contribution in [0.2, 0.25) is 5.02 Å². The molecule has 2 unspecified atom stereocenters. The number of hydrogen-bond donors (Lipinski definition) is 1. The molecule has 0 aromatic heterocycles. The highest BCUT2D eigenvalue weighted by Crippen LogP contribution is 2.42. The topological polar surface area (TPSA) is 96.4 Å². The molecule has 2 aromatic carbocycles. The van der Waals surface area contributed by atoms with Crippen molar-refractivity contribution in [3.8, 4) is 11.5 Å². The van der Waals surface area contributed by atoms with E-state index in [4.69, 9.17) is 21.1 Å². The molecule has 9 heteroatoms. The number of aliphatic carboxylic acids is 1. The third kappa shape index (κ3) is 6.08. The smallest absolute Gasteiger partial charge is 0.308 e. The number of amides is 2. The van der Waals surface area contributed by atoms with Crippen molar-refractivity contribution in [1.82, 2.24) is 9.80 Å². The third-order valence-electron chi connectivity index (χ3n) is 7.10. The first-order valence-electron chi connectivity index (χ1n) is 12.7. The maximum atomic E-state index is 12.2. The number of unbranched alkanes of at least 4 members (excludes halogenated alkanes) is 1. The van der Waals surface area contributed by atoms with Crippen molar-refractivity contribution in [2.75, 3.05) is 26.8 Å². The second-order valence-electron chi connectivity index (χ2n) is 9.53. The van der Waals surface area contributed by atoms with Gasteiger partial charge in [0.15, 0.2) is 11.5 Å². The molecule has 37 heavy (non-hydrogen) atoms. The number of carboxylic acid groups (broad SMARTS) is 1. The Morgan fingerprint density at radius 3 is 2.57 bits per heavy atom. The molecule has 1 aliphatic heterocycles. The van der Waals surface area contributed by atoms with Crippen LogP contribution in [0.5, 0.6) is 11.5 Å². The summed E-state index contributed by atoms with van der Waals surface area (Å²) in [7, 11) is 1.56. The molecule has 1 saturated heterocycles. The third-order valence-corrected chi connectivity index (χ3v) is 7.33. The summed E-state index contributed by atoms with van der Waals surface area (Å²) in [6.07, 6.45) is 2.90. The van der Waals surface area contributed by atoms with E-state index in [-0.39, 0.29) is 43.8 Å². The number of methoxy groups -OCH3 is 1. The van der Waals surface area contributed by atoms with Crippen LogP contribution in [-0.2, 0) is 27.3 Å². The number of carbonyl (C=O) groups is 3. The summed E-state index contributed by atoms with van der Waals surface area (Å²) in [5.74, 6) is -0.631. The Balaban J connectivity index is 1.52.